The van der Waals surface area contributed by atoms with Gasteiger partial charge in [0.1, 0.15) is 0 Å². The van der Waals surface area contributed by atoms with Gasteiger partial charge in [-0.25, -0.2) is 4.79 Å². The summed E-state index contributed by atoms with van der Waals surface area (Å²) in [5.41, 5.74) is 0.740. The van der Waals surface area contributed by atoms with Crippen LogP contribution < -0.4 is 16.0 Å². The molecular formula is C16H23N3O4. The van der Waals surface area contributed by atoms with E-state index >= 15 is 0 Å². The van der Waals surface area contributed by atoms with Crippen molar-refractivity contribution in [3.8, 4) is 0 Å². The van der Waals surface area contributed by atoms with Gasteiger partial charge in [0.2, 0.25) is 0 Å². The minimum absolute atomic E-state index is 0.0118. The Morgan fingerprint density at radius 3 is 2.22 bits per heavy atom. The maximum absolute atomic E-state index is 12.0. The Hall–Kier alpha value is -2.57. The van der Waals surface area contributed by atoms with Gasteiger partial charge >= 0.3 is 12.0 Å². The van der Waals surface area contributed by atoms with Crippen molar-refractivity contribution in [3.05, 3.63) is 29.8 Å². The summed E-state index contributed by atoms with van der Waals surface area (Å²) in [5, 5.41) is 16.5. The van der Waals surface area contributed by atoms with Crippen molar-refractivity contribution in [2.75, 3.05) is 11.9 Å². The fourth-order valence-electron chi connectivity index (χ4n) is 1.73. The number of amides is 3. The lowest BCUT2D eigenvalue weighted by Gasteiger charge is -2.20. The van der Waals surface area contributed by atoms with Gasteiger partial charge in [-0.2, -0.15) is 0 Å². The summed E-state index contributed by atoms with van der Waals surface area (Å²) < 4.78 is 0. The number of carbonyl (C=O) groups is 3. The normalized spacial score (nSPS) is 10.7. The zero-order valence-electron chi connectivity index (χ0n) is 13.6. The largest absolute Gasteiger partial charge is 0.481 e. The van der Waals surface area contributed by atoms with E-state index in [-0.39, 0.29) is 24.4 Å². The molecule has 0 saturated carbocycles. The van der Waals surface area contributed by atoms with Gasteiger partial charge in [-0.05, 0) is 51.5 Å². The number of carbonyl (C=O) groups excluding carboxylic acids is 2. The zero-order chi connectivity index (χ0) is 17.5. The van der Waals surface area contributed by atoms with E-state index in [0.29, 0.717) is 17.7 Å². The molecule has 0 saturated heterocycles. The molecule has 0 aromatic heterocycles. The first-order valence-electron chi connectivity index (χ1n) is 7.36. The quantitative estimate of drug-likeness (QED) is 0.602. The molecule has 0 spiro atoms. The molecule has 0 atom stereocenters. The van der Waals surface area contributed by atoms with E-state index in [1.165, 1.54) is 0 Å². The van der Waals surface area contributed by atoms with Crippen LogP contribution in [0.5, 0.6) is 0 Å². The lowest BCUT2D eigenvalue weighted by molar-refractivity contribution is -0.137. The number of carboxylic acid groups (broad SMARTS) is 1. The highest BCUT2D eigenvalue weighted by molar-refractivity contribution is 5.95. The first-order chi connectivity index (χ1) is 10.7. The van der Waals surface area contributed by atoms with Crippen molar-refractivity contribution in [2.45, 2.75) is 39.2 Å². The van der Waals surface area contributed by atoms with E-state index in [1.807, 2.05) is 20.8 Å². The number of anilines is 1. The highest BCUT2D eigenvalue weighted by Gasteiger charge is 2.15. The van der Waals surface area contributed by atoms with Crippen LogP contribution in [0.25, 0.3) is 0 Å². The lowest BCUT2D eigenvalue weighted by atomic mass is 10.1. The van der Waals surface area contributed by atoms with E-state index in [1.54, 1.807) is 24.3 Å². The van der Waals surface area contributed by atoms with Crippen LogP contribution in [-0.4, -0.2) is 35.1 Å². The van der Waals surface area contributed by atoms with Crippen molar-refractivity contribution in [3.63, 3.8) is 0 Å². The first kappa shape index (κ1) is 18.5. The van der Waals surface area contributed by atoms with E-state index in [2.05, 4.69) is 16.0 Å². The van der Waals surface area contributed by atoms with E-state index in [0.717, 1.165) is 0 Å². The maximum atomic E-state index is 12.0. The van der Waals surface area contributed by atoms with E-state index in [4.69, 9.17) is 5.11 Å². The fraction of sp³-hybridized carbons (Fsp3) is 0.438. The Bertz CT molecular complexity index is 562. The molecule has 126 valence electrons. The molecule has 7 nitrogen and oxygen atoms in total. The minimum atomic E-state index is -0.892. The summed E-state index contributed by atoms with van der Waals surface area (Å²) in [6.07, 6.45) is 0.381. The molecule has 23 heavy (non-hydrogen) atoms. The number of benzene rings is 1. The van der Waals surface area contributed by atoms with Crippen molar-refractivity contribution in [1.82, 2.24) is 10.6 Å². The molecule has 0 fully saturated rings. The van der Waals surface area contributed by atoms with Crippen LogP contribution in [0.1, 0.15) is 44.0 Å². The van der Waals surface area contributed by atoms with Crippen molar-refractivity contribution >= 4 is 23.6 Å². The van der Waals surface area contributed by atoms with Crippen LogP contribution in [0.3, 0.4) is 0 Å². The van der Waals surface area contributed by atoms with Crippen LogP contribution in [0.4, 0.5) is 10.5 Å². The molecule has 1 aromatic carbocycles. The Labute approximate surface area is 135 Å². The van der Waals surface area contributed by atoms with Gasteiger partial charge in [0.25, 0.3) is 5.91 Å². The average molecular weight is 321 g/mol. The van der Waals surface area contributed by atoms with Gasteiger partial charge < -0.3 is 21.1 Å². The van der Waals surface area contributed by atoms with Gasteiger partial charge in [0.15, 0.2) is 0 Å². The van der Waals surface area contributed by atoms with Crippen molar-refractivity contribution < 1.29 is 19.5 Å². The molecule has 0 bridgehead atoms. The topological polar surface area (TPSA) is 108 Å². The smallest absolute Gasteiger partial charge is 0.319 e. The number of aliphatic carboxylic acids is 1. The van der Waals surface area contributed by atoms with Gasteiger partial charge in [0, 0.05) is 29.8 Å². The molecule has 3 amide bonds. The monoisotopic (exact) mass is 321 g/mol. The molecule has 0 unspecified atom stereocenters. The predicted molar refractivity (Wildman–Crippen MR) is 87.6 cm³/mol. The molecular weight excluding hydrogens is 298 g/mol. The SMILES string of the molecule is CC(C)(C)NC(=O)c1ccc(NC(=O)NCCCC(=O)O)cc1. The molecule has 0 aliphatic heterocycles. The number of hydrogen-bond acceptors (Lipinski definition) is 3. The molecule has 1 aromatic rings. The number of carboxylic acids is 1. The Kier molecular flexibility index (Phi) is 6.56. The van der Waals surface area contributed by atoms with Gasteiger partial charge in [0.05, 0.1) is 0 Å². The van der Waals surface area contributed by atoms with Gasteiger partial charge in [-0.3, -0.25) is 9.59 Å². The minimum Gasteiger partial charge on any atom is -0.481 e. The fourth-order valence-corrected chi connectivity index (χ4v) is 1.73. The highest BCUT2D eigenvalue weighted by Crippen LogP contribution is 2.11. The van der Waals surface area contributed by atoms with E-state index in [9.17, 15) is 14.4 Å². The molecule has 0 aliphatic carbocycles. The van der Waals surface area contributed by atoms with Crippen LogP contribution in [0.2, 0.25) is 0 Å². The summed E-state index contributed by atoms with van der Waals surface area (Å²) in [6, 6.07) is 6.10. The summed E-state index contributed by atoms with van der Waals surface area (Å²) in [4.78, 5) is 33.9. The Morgan fingerprint density at radius 2 is 1.70 bits per heavy atom. The number of hydrogen-bond donors (Lipinski definition) is 4. The molecule has 0 aliphatic rings. The third kappa shape index (κ3) is 7.85. The van der Waals surface area contributed by atoms with Gasteiger partial charge in [-0.1, -0.05) is 0 Å². The highest BCUT2D eigenvalue weighted by atomic mass is 16.4. The molecule has 1 rings (SSSR count). The van der Waals surface area contributed by atoms with Crippen LogP contribution in [-0.2, 0) is 4.79 Å². The van der Waals surface area contributed by atoms with E-state index < -0.39 is 12.0 Å². The van der Waals surface area contributed by atoms with Crippen molar-refractivity contribution in [1.29, 1.82) is 0 Å². The Morgan fingerprint density at radius 1 is 1.09 bits per heavy atom. The van der Waals surface area contributed by atoms with Crippen LogP contribution >= 0.6 is 0 Å². The molecule has 0 heterocycles. The third-order valence-corrected chi connectivity index (χ3v) is 2.75. The zero-order valence-corrected chi connectivity index (χ0v) is 13.6. The first-order valence-corrected chi connectivity index (χ1v) is 7.36. The molecule has 7 heteroatoms. The number of rotatable bonds is 6. The van der Waals surface area contributed by atoms with Crippen molar-refractivity contribution in [2.24, 2.45) is 0 Å². The summed E-state index contributed by atoms with van der Waals surface area (Å²) in [7, 11) is 0. The standard InChI is InChI=1S/C16H23N3O4/c1-16(2,3)19-14(22)11-6-8-12(9-7-11)18-15(23)17-10-4-5-13(20)21/h6-9H,4-5,10H2,1-3H3,(H,19,22)(H,20,21)(H2,17,18,23). The second kappa shape index (κ2) is 8.17. The van der Waals surface area contributed by atoms with Crippen LogP contribution in [0.15, 0.2) is 24.3 Å². The third-order valence-electron chi connectivity index (χ3n) is 2.75. The molecule has 0 radical (unpaired) electrons. The summed E-state index contributed by atoms with van der Waals surface area (Å²) >= 11 is 0. The second-order valence-corrected chi connectivity index (χ2v) is 6.16. The number of urea groups is 1. The van der Waals surface area contributed by atoms with Gasteiger partial charge in [-0.15, -0.1) is 0 Å². The second-order valence-electron chi connectivity index (χ2n) is 6.16. The van der Waals surface area contributed by atoms with Crippen LogP contribution in [0, 0.1) is 0 Å². The maximum Gasteiger partial charge on any atom is 0.319 e. The summed E-state index contributed by atoms with van der Waals surface area (Å²) in [6.45, 7) is 5.98. The predicted octanol–water partition coefficient (Wildman–Crippen LogP) is 2.20. The number of nitrogens with one attached hydrogen (secondary N) is 3. The summed E-state index contributed by atoms with van der Waals surface area (Å²) in [5.74, 6) is -1.07. The Balaban J connectivity index is 2.46. The average Bonchev–Trinajstić information content (AvgIpc) is 2.42. The lowest BCUT2D eigenvalue weighted by Crippen LogP contribution is -2.40. The molecule has 4 N–H and O–H groups in total.